The molecule has 2 atom stereocenters. The highest BCUT2D eigenvalue weighted by molar-refractivity contribution is 5.85. The van der Waals surface area contributed by atoms with Gasteiger partial charge in [0.05, 0.1) is 11.7 Å². The molecule has 118 valence electrons. The maximum Gasteiger partial charge on any atom is 0.331 e. The van der Waals surface area contributed by atoms with Crippen LogP contribution < -0.4 is 5.32 Å². The molecule has 1 aliphatic rings. The SMILES string of the molecule is Cc1ccccc1[C@@H](Nc1ccccc1O)[C@@]1(C)C=CC(=O)O1. The van der Waals surface area contributed by atoms with E-state index in [0.717, 1.165) is 11.1 Å². The van der Waals surface area contributed by atoms with Gasteiger partial charge >= 0.3 is 5.97 Å². The number of carbonyl (C=O) groups excluding carboxylic acids is 1. The zero-order valence-corrected chi connectivity index (χ0v) is 13.1. The number of aromatic hydroxyl groups is 1. The van der Waals surface area contributed by atoms with Crippen molar-refractivity contribution in [1.29, 1.82) is 0 Å². The molecule has 0 radical (unpaired) electrons. The Morgan fingerprint density at radius 1 is 1.13 bits per heavy atom. The summed E-state index contributed by atoms with van der Waals surface area (Å²) in [4.78, 5) is 11.6. The normalized spacial score (nSPS) is 21.0. The molecule has 4 nitrogen and oxygen atoms in total. The Morgan fingerprint density at radius 2 is 1.83 bits per heavy atom. The summed E-state index contributed by atoms with van der Waals surface area (Å²) in [5.41, 5.74) is 1.86. The van der Waals surface area contributed by atoms with Crippen molar-refractivity contribution in [3.63, 3.8) is 0 Å². The Hall–Kier alpha value is -2.75. The summed E-state index contributed by atoms with van der Waals surface area (Å²) < 4.78 is 5.54. The summed E-state index contributed by atoms with van der Waals surface area (Å²) in [6.45, 7) is 3.87. The van der Waals surface area contributed by atoms with Crippen molar-refractivity contribution in [2.75, 3.05) is 5.32 Å². The van der Waals surface area contributed by atoms with Crippen LogP contribution in [0.3, 0.4) is 0 Å². The monoisotopic (exact) mass is 309 g/mol. The molecule has 0 unspecified atom stereocenters. The number of aryl methyl sites for hydroxylation is 1. The quantitative estimate of drug-likeness (QED) is 0.667. The lowest BCUT2D eigenvalue weighted by molar-refractivity contribution is -0.145. The lowest BCUT2D eigenvalue weighted by Crippen LogP contribution is -2.37. The first-order valence-electron chi connectivity index (χ1n) is 7.52. The second-order valence-electron chi connectivity index (χ2n) is 5.89. The first kappa shape index (κ1) is 15.2. The third kappa shape index (κ3) is 2.93. The van der Waals surface area contributed by atoms with Crippen molar-refractivity contribution in [3.8, 4) is 5.75 Å². The number of rotatable bonds is 4. The Labute approximate surface area is 135 Å². The number of nitrogens with one attached hydrogen (secondary N) is 1. The van der Waals surface area contributed by atoms with Gasteiger partial charge in [-0.3, -0.25) is 0 Å². The minimum Gasteiger partial charge on any atom is -0.506 e. The number of benzene rings is 2. The molecule has 3 rings (SSSR count). The molecule has 23 heavy (non-hydrogen) atoms. The maximum absolute atomic E-state index is 11.6. The van der Waals surface area contributed by atoms with E-state index in [4.69, 9.17) is 4.74 Å². The van der Waals surface area contributed by atoms with E-state index >= 15 is 0 Å². The fourth-order valence-electron chi connectivity index (χ4n) is 2.87. The standard InChI is InChI=1S/C19H19NO3/c1-13-7-3-4-8-14(13)18(19(2)12-11-17(22)23-19)20-15-9-5-6-10-16(15)21/h3-12,18,20-21H,1-2H3/t18-,19-/m1/s1. The van der Waals surface area contributed by atoms with Crippen molar-refractivity contribution in [3.05, 3.63) is 71.8 Å². The molecule has 0 fully saturated rings. The molecular weight excluding hydrogens is 290 g/mol. The number of phenols is 1. The number of hydrogen-bond donors (Lipinski definition) is 2. The second kappa shape index (κ2) is 5.80. The van der Waals surface area contributed by atoms with E-state index in [1.165, 1.54) is 6.08 Å². The summed E-state index contributed by atoms with van der Waals surface area (Å²) in [5, 5.41) is 13.4. The van der Waals surface area contributed by atoms with E-state index in [9.17, 15) is 9.90 Å². The molecule has 0 aromatic heterocycles. The molecule has 4 heteroatoms. The number of phenolic OH excluding ortho intramolecular Hbond substituents is 1. The average molecular weight is 309 g/mol. The first-order chi connectivity index (χ1) is 11.0. The summed E-state index contributed by atoms with van der Waals surface area (Å²) in [6, 6.07) is 14.6. The number of cyclic esters (lactones) is 1. The Morgan fingerprint density at radius 3 is 2.48 bits per heavy atom. The molecule has 2 aromatic rings. The molecule has 0 aliphatic carbocycles. The first-order valence-corrected chi connectivity index (χ1v) is 7.52. The van der Waals surface area contributed by atoms with E-state index < -0.39 is 5.60 Å². The van der Waals surface area contributed by atoms with Crippen LogP contribution in [0.2, 0.25) is 0 Å². The van der Waals surface area contributed by atoms with Crippen LogP contribution in [-0.2, 0) is 9.53 Å². The Balaban J connectivity index is 2.04. The third-order valence-corrected chi connectivity index (χ3v) is 4.15. The van der Waals surface area contributed by atoms with E-state index in [1.807, 2.05) is 44.2 Å². The Bertz CT molecular complexity index is 769. The van der Waals surface area contributed by atoms with E-state index in [1.54, 1.807) is 24.3 Å². The van der Waals surface area contributed by atoms with E-state index in [2.05, 4.69) is 5.32 Å². The van der Waals surface area contributed by atoms with Crippen LogP contribution in [0.5, 0.6) is 5.75 Å². The molecule has 0 bridgehead atoms. The van der Waals surface area contributed by atoms with Gasteiger partial charge in [0.2, 0.25) is 0 Å². The van der Waals surface area contributed by atoms with E-state index in [0.29, 0.717) is 5.69 Å². The highest BCUT2D eigenvalue weighted by Crippen LogP contribution is 2.39. The van der Waals surface area contributed by atoms with Gasteiger partial charge in [0.1, 0.15) is 5.75 Å². The largest absolute Gasteiger partial charge is 0.506 e. The van der Waals surface area contributed by atoms with Crippen molar-refractivity contribution in [2.24, 2.45) is 0 Å². The number of carbonyl (C=O) groups is 1. The van der Waals surface area contributed by atoms with Gasteiger partial charge in [-0.05, 0) is 43.2 Å². The summed E-state index contributed by atoms with van der Waals surface area (Å²) in [5.74, 6) is -0.201. The smallest absolute Gasteiger partial charge is 0.331 e. The highest BCUT2D eigenvalue weighted by Gasteiger charge is 2.41. The van der Waals surface area contributed by atoms with Gasteiger partial charge in [0.15, 0.2) is 5.60 Å². The van der Waals surface area contributed by atoms with Gasteiger partial charge in [0.25, 0.3) is 0 Å². The predicted octanol–water partition coefficient (Wildman–Crippen LogP) is 3.73. The van der Waals surface area contributed by atoms with Gasteiger partial charge in [0, 0.05) is 6.08 Å². The summed E-state index contributed by atoms with van der Waals surface area (Å²) in [6.07, 6.45) is 3.21. The average Bonchev–Trinajstić information content (AvgIpc) is 2.88. The molecule has 2 N–H and O–H groups in total. The molecule has 1 aliphatic heterocycles. The van der Waals surface area contributed by atoms with Crippen molar-refractivity contribution in [2.45, 2.75) is 25.5 Å². The van der Waals surface area contributed by atoms with Crippen LogP contribution in [0.25, 0.3) is 0 Å². The molecule has 0 saturated heterocycles. The van der Waals surface area contributed by atoms with Gasteiger partial charge in [-0.2, -0.15) is 0 Å². The summed E-state index contributed by atoms with van der Waals surface area (Å²) in [7, 11) is 0. The zero-order chi connectivity index (χ0) is 16.4. The molecule has 0 spiro atoms. The van der Waals surface area contributed by atoms with Gasteiger partial charge in [-0.15, -0.1) is 0 Å². The van der Waals surface area contributed by atoms with Crippen LogP contribution >= 0.6 is 0 Å². The fraction of sp³-hybridized carbons (Fsp3) is 0.211. The van der Waals surface area contributed by atoms with Crippen molar-refractivity contribution >= 4 is 11.7 Å². The number of hydrogen-bond acceptors (Lipinski definition) is 4. The highest BCUT2D eigenvalue weighted by atomic mass is 16.6. The topological polar surface area (TPSA) is 58.6 Å². The van der Waals surface area contributed by atoms with Crippen LogP contribution in [0.1, 0.15) is 24.1 Å². The van der Waals surface area contributed by atoms with Crippen molar-refractivity contribution < 1.29 is 14.6 Å². The minimum atomic E-state index is -0.828. The minimum absolute atomic E-state index is 0.156. The van der Waals surface area contributed by atoms with Crippen LogP contribution in [0, 0.1) is 6.92 Å². The number of para-hydroxylation sites is 2. The van der Waals surface area contributed by atoms with Crippen LogP contribution in [0.4, 0.5) is 5.69 Å². The molecule has 1 heterocycles. The molecule has 0 saturated carbocycles. The predicted molar refractivity (Wildman–Crippen MR) is 89.3 cm³/mol. The second-order valence-corrected chi connectivity index (χ2v) is 5.89. The third-order valence-electron chi connectivity index (χ3n) is 4.15. The lowest BCUT2D eigenvalue weighted by atomic mass is 9.87. The lowest BCUT2D eigenvalue weighted by Gasteiger charge is -2.34. The maximum atomic E-state index is 11.6. The summed E-state index contributed by atoms with van der Waals surface area (Å²) >= 11 is 0. The van der Waals surface area contributed by atoms with Gasteiger partial charge in [-0.25, -0.2) is 4.79 Å². The molecule has 0 amide bonds. The van der Waals surface area contributed by atoms with Gasteiger partial charge in [-0.1, -0.05) is 36.4 Å². The number of ether oxygens (including phenoxy) is 1. The van der Waals surface area contributed by atoms with Crippen LogP contribution in [-0.4, -0.2) is 16.7 Å². The van der Waals surface area contributed by atoms with Crippen molar-refractivity contribution in [1.82, 2.24) is 0 Å². The number of anilines is 1. The fourth-order valence-corrected chi connectivity index (χ4v) is 2.87. The zero-order valence-electron chi connectivity index (χ0n) is 13.1. The number of esters is 1. The molecular formula is C19H19NO3. The van der Waals surface area contributed by atoms with Gasteiger partial charge < -0.3 is 15.2 Å². The Kier molecular flexibility index (Phi) is 3.82. The van der Waals surface area contributed by atoms with Crippen LogP contribution in [0.15, 0.2) is 60.7 Å². The molecule has 2 aromatic carbocycles. The van der Waals surface area contributed by atoms with E-state index in [-0.39, 0.29) is 17.8 Å².